The lowest BCUT2D eigenvalue weighted by Crippen LogP contribution is -2.55. The van der Waals surface area contributed by atoms with Crippen LogP contribution in [0.5, 0.6) is 0 Å². The van der Waals surface area contributed by atoms with Crippen LogP contribution in [0.2, 0.25) is 10.0 Å². The molecule has 0 spiro atoms. The zero-order valence-corrected chi connectivity index (χ0v) is 26.3. The van der Waals surface area contributed by atoms with Gasteiger partial charge in [-0.05, 0) is 54.7 Å². The highest BCUT2D eigenvalue weighted by Crippen LogP contribution is 2.28. The highest BCUT2D eigenvalue weighted by molar-refractivity contribution is 7.92. The van der Waals surface area contributed by atoms with Crippen molar-refractivity contribution in [2.45, 2.75) is 64.1 Å². The van der Waals surface area contributed by atoms with E-state index < -0.39 is 28.5 Å². The van der Waals surface area contributed by atoms with Crippen molar-refractivity contribution < 1.29 is 18.0 Å². The van der Waals surface area contributed by atoms with Gasteiger partial charge in [0, 0.05) is 29.1 Å². The molecule has 0 bridgehead atoms. The quantitative estimate of drug-likeness (QED) is 0.275. The first kappa shape index (κ1) is 31.9. The second kappa shape index (κ2) is 14.4. The molecule has 2 amide bonds. The van der Waals surface area contributed by atoms with Gasteiger partial charge in [-0.2, -0.15) is 0 Å². The van der Waals surface area contributed by atoms with Gasteiger partial charge in [0.25, 0.3) is 0 Å². The number of sulfonamides is 1. The molecule has 0 saturated heterocycles. The number of hydrogen-bond acceptors (Lipinski definition) is 4. The van der Waals surface area contributed by atoms with Gasteiger partial charge in [-0.1, -0.05) is 97.1 Å². The van der Waals surface area contributed by atoms with E-state index in [4.69, 9.17) is 23.2 Å². The molecular weight excluding hydrogens is 593 g/mol. The number of rotatable bonds is 11. The molecule has 0 aliphatic heterocycles. The van der Waals surface area contributed by atoms with Crippen LogP contribution in [0, 0.1) is 6.92 Å². The molecule has 10 heteroatoms. The van der Waals surface area contributed by atoms with E-state index >= 15 is 0 Å². The summed E-state index contributed by atoms with van der Waals surface area (Å²) in [5.41, 5.74) is 2.89. The molecule has 3 aromatic carbocycles. The lowest BCUT2D eigenvalue weighted by molar-refractivity contribution is -0.140. The van der Waals surface area contributed by atoms with Gasteiger partial charge in [-0.25, -0.2) is 8.42 Å². The van der Waals surface area contributed by atoms with Crippen molar-refractivity contribution in [2.75, 3.05) is 17.1 Å². The highest BCUT2D eigenvalue weighted by atomic mass is 35.5. The van der Waals surface area contributed by atoms with Gasteiger partial charge in [-0.15, -0.1) is 0 Å². The SMILES string of the molecule is Cc1ccccc1CN(C(=O)CN(c1cc(Cl)cc(Cl)c1)S(C)(=O)=O)[C@@H](Cc1ccccc1)C(=O)NC1CCCCC1. The Morgan fingerprint density at radius 2 is 1.55 bits per heavy atom. The number of halogens is 2. The molecular formula is C32H37Cl2N3O4S. The predicted octanol–water partition coefficient (Wildman–Crippen LogP) is 6.16. The van der Waals surface area contributed by atoms with Gasteiger partial charge >= 0.3 is 0 Å². The molecule has 4 rings (SSSR count). The van der Waals surface area contributed by atoms with E-state index in [9.17, 15) is 18.0 Å². The summed E-state index contributed by atoms with van der Waals surface area (Å²) >= 11 is 12.4. The van der Waals surface area contributed by atoms with Crippen LogP contribution >= 0.6 is 23.2 Å². The third kappa shape index (κ3) is 8.72. The summed E-state index contributed by atoms with van der Waals surface area (Å²) in [5.74, 6) is -0.760. The molecule has 0 aromatic heterocycles. The van der Waals surface area contributed by atoms with Crippen molar-refractivity contribution in [3.8, 4) is 0 Å². The Bertz CT molecular complexity index is 1470. The maximum absolute atomic E-state index is 14.3. The molecule has 1 N–H and O–H groups in total. The number of hydrogen-bond donors (Lipinski definition) is 1. The number of carbonyl (C=O) groups is 2. The number of aryl methyl sites for hydroxylation is 1. The molecule has 3 aromatic rings. The van der Waals surface area contributed by atoms with Crippen molar-refractivity contribution in [2.24, 2.45) is 0 Å². The Kier molecular flexibility index (Phi) is 10.9. The summed E-state index contributed by atoms with van der Waals surface area (Å²) in [6.45, 7) is 1.56. The lowest BCUT2D eigenvalue weighted by Gasteiger charge is -2.35. The smallest absolute Gasteiger partial charge is 0.244 e. The molecule has 7 nitrogen and oxygen atoms in total. The lowest BCUT2D eigenvalue weighted by atomic mass is 9.94. The molecule has 0 radical (unpaired) electrons. The van der Waals surface area contributed by atoms with E-state index in [1.807, 2.05) is 61.5 Å². The van der Waals surface area contributed by atoms with Crippen LogP contribution < -0.4 is 9.62 Å². The summed E-state index contributed by atoms with van der Waals surface area (Å²) in [6.07, 6.45) is 6.33. The second-order valence-electron chi connectivity index (χ2n) is 10.9. The van der Waals surface area contributed by atoms with Crippen LogP contribution in [0.15, 0.2) is 72.8 Å². The fourth-order valence-electron chi connectivity index (χ4n) is 5.37. The molecule has 1 fully saturated rings. The van der Waals surface area contributed by atoms with Crippen molar-refractivity contribution in [3.63, 3.8) is 0 Å². The van der Waals surface area contributed by atoms with Crippen molar-refractivity contribution in [1.82, 2.24) is 10.2 Å². The first-order valence-corrected chi connectivity index (χ1v) is 16.7. The van der Waals surface area contributed by atoms with Crippen LogP contribution in [0.1, 0.15) is 48.8 Å². The normalized spacial score (nSPS) is 14.7. The monoisotopic (exact) mass is 629 g/mol. The van der Waals surface area contributed by atoms with E-state index in [-0.39, 0.29) is 40.6 Å². The van der Waals surface area contributed by atoms with Crippen LogP contribution in [0.25, 0.3) is 0 Å². The van der Waals surface area contributed by atoms with Crippen molar-refractivity contribution in [1.29, 1.82) is 0 Å². The van der Waals surface area contributed by atoms with E-state index in [2.05, 4.69) is 5.32 Å². The Labute approximate surface area is 258 Å². The number of nitrogens with one attached hydrogen (secondary N) is 1. The summed E-state index contributed by atoms with van der Waals surface area (Å²) < 4.78 is 26.9. The molecule has 0 unspecified atom stereocenters. The minimum absolute atomic E-state index is 0.0426. The topological polar surface area (TPSA) is 86.8 Å². The summed E-state index contributed by atoms with van der Waals surface area (Å²) in [6, 6.07) is 20.8. The van der Waals surface area contributed by atoms with E-state index in [0.29, 0.717) is 0 Å². The van der Waals surface area contributed by atoms with Gasteiger partial charge in [0.2, 0.25) is 21.8 Å². The number of carbonyl (C=O) groups excluding carboxylic acids is 2. The molecule has 0 heterocycles. The molecule has 1 atom stereocenters. The van der Waals surface area contributed by atoms with E-state index in [0.717, 1.165) is 59.4 Å². The summed E-state index contributed by atoms with van der Waals surface area (Å²) in [4.78, 5) is 29.8. The molecule has 224 valence electrons. The maximum atomic E-state index is 14.3. The average Bonchev–Trinajstić information content (AvgIpc) is 2.94. The largest absolute Gasteiger partial charge is 0.352 e. The van der Waals surface area contributed by atoms with Crippen molar-refractivity contribution >= 4 is 50.7 Å². The van der Waals surface area contributed by atoms with Crippen LogP contribution in [-0.2, 0) is 32.6 Å². The van der Waals surface area contributed by atoms with Gasteiger partial charge in [-0.3, -0.25) is 13.9 Å². The fourth-order valence-corrected chi connectivity index (χ4v) is 6.71. The van der Waals surface area contributed by atoms with Gasteiger partial charge < -0.3 is 10.2 Å². The number of anilines is 1. The fraction of sp³-hybridized carbons (Fsp3) is 0.375. The third-order valence-corrected chi connectivity index (χ3v) is 9.22. The van der Waals surface area contributed by atoms with E-state index in [1.165, 1.54) is 23.1 Å². The summed E-state index contributed by atoms with van der Waals surface area (Å²) in [7, 11) is -3.92. The van der Waals surface area contributed by atoms with Crippen LogP contribution in [0.4, 0.5) is 5.69 Å². The number of nitrogens with zero attached hydrogens (tertiary/aromatic N) is 2. The summed E-state index contributed by atoms with van der Waals surface area (Å²) in [5, 5.41) is 3.69. The van der Waals surface area contributed by atoms with Gasteiger partial charge in [0.15, 0.2) is 0 Å². The van der Waals surface area contributed by atoms with Crippen LogP contribution in [-0.4, -0.2) is 50.0 Å². The molecule has 42 heavy (non-hydrogen) atoms. The predicted molar refractivity (Wildman–Crippen MR) is 169 cm³/mol. The zero-order valence-electron chi connectivity index (χ0n) is 23.9. The second-order valence-corrected chi connectivity index (χ2v) is 13.7. The highest BCUT2D eigenvalue weighted by Gasteiger charge is 2.34. The van der Waals surface area contributed by atoms with E-state index in [1.54, 1.807) is 0 Å². The Morgan fingerprint density at radius 3 is 2.17 bits per heavy atom. The molecule has 1 saturated carbocycles. The Balaban J connectivity index is 1.74. The van der Waals surface area contributed by atoms with Crippen molar-refractivity contribution in [3.05, 3.63) is 99.5 Å². The van der Waals surface area contributed by atoms with Gasteiger partial charge in [0.1, 0.15) is 12.6 Å². The van der Waals surface area contributed by atoms with Crippen LogP contribution in [0.3, 0.4) is 0 Å². The minimum atomic E-state index is -3.92. The number of benzene rings is 3. The third-order valence-electron chi connectivity index (χ3n) is 7.64. The standard InChI is InChI=1S/C32H37Cl2N3O4S/c1-23-11-9-10-14-25(23)21-36(31(38)22-37(42(2,40)41)29-19-26(33)18-27(34)20-29)30(17-24-12-5-3-6-13-24)32(39)35-28-15-7-4-8-16-28/h3,5-6,9-14,18-20,28,30H,4,7-8,15-17,21-22H2,1-2H3,(H,35,39)/t30-/m0/s1. The molecule has 1 aliphatic carbocycles. The average molecular weight is 631 g/mol. The van der Waals surface area contributed by atoms with Gasteiger partial charge in [0.05, 0.1) is 11.9 Å². The Hall–Kier alpha value is -3.07. The first-order chi connectivity index (χ1) is 20.0. The maximum Gasteiger partial charge on any atom is 0.244 e. The first-order valence-electron chi connectivity index (χ1n) is 14.1. The zero-order chi connectivity index (χ0) is 30.3. The minimum Gasteiger partial charge on any atom is -0.352 e. The number of amides is 2. The Morgan fingerprint density at radius 1 is 0.929 bits per heavy atom. The molecule has 1 aliphatic rings.